The second-order valence-electron chi connectivity index (χ2n) is 8.35. The standard InChI is InChI=1S/C27H25N5O3S/c1-18-12-13-23(14-19(18)2)32-20(3)29-30-27(32)36-26(16-31(33)34)24-10-6-7-11-25(24)35-17-22-9-5-4-8-21(22)15-28/h4-14,26H,16-17H2,1-3H3/t26-/m1/s1. The minimum atomic E-state index is -0.573. The fraction of sp³-hybridized carbons (Fsp3) is 0.222. The van der Waals surface area contributed by atoms with Gasteiger partial charge in [0.05, 0.1) is 11.6 Å². The average molecular weight is 500 g/mol. The van der Waals surface area contributed by atoms with Crippen LogP contribution in [-0.2, 0) is 6.61 Å². The van der Waals surface area contributed by atoms with Crippen molar-refractivity contribution in [3.63, 3.8) is 0 Å². The lowest BCUT2D eigenvalue weighted by atomic mass is 10.1. The second-order valence-corrected chi connectivity index (χ2v) is 9.52. The van der Waals surface area contributed by atoms with Crippen LogP contribution in [0.4, 0.5) is 0 Å². The number of ether oxygens (including phenoxy) is 1. The number of benzene rings is 3. The highest BCUT2D eigenvalue weighted by atomic mass is 32.2. The predicted molar refractivity (Wildman–Crippen MR) is 138 cm³/mol. The van der Waals surface area contributed by atoms with E-state index < -0.39 is 5.25 Å². The maximum Gasteiger partial charge on any atom is 0.220 e. The van der Waals surface area contributed by atoms with E-state index in [4.69, 9.17) is 4.74 Å². The SMILES string of the molecule is Cc1ccc(-n2c(C)nnc2S[C@H](C[N+](=O)[O-])c2ccccc2OCc2ccccc2C#N)cc1C. The summed E-state index contributed by atoms with van der Waals surface area (Å²) in [6, 6.07) is 22.7. The molecule has 0 fully saturated rings. The van der Waals surface area contributed by atoms with E-state index in [9.17, 15) is 15.4 Å². The van der Waals surface area contributed by atoms with E-state index in [1.807, 2.05) is 67.8 Å². The number of hydrogen-bond acceptors (Lipinski definition) is 7. The number of nitro groups is 1. The predicted octanol–water partition coefficient (Wildman–Crippen LogP) is 5.75. The molecule has 0 spiro atoms. The molecule has 1 heterocycles. The van der Waals surface area contributed by atoms with E-state index in [0.717, 1.165) is 16.8 Å². The van der Waals surface area contributed by atoms with Crippen molar-refractivity contribution in [2.24, 2.45) is 0 Å². The molecule has 0 saturated heterocycles. The van der Waals surface area contributed by atoms with Crippen molar-refractivity contribution in [1.82, 2.24) is 14.8 Å². The monoisotopic (exact) mass is 499 g/mol. The lowest BCUT2D eigenvalue weighted by Gasteiger charge is -2.18. The van der Waals surface area contributed by atoms with Gasteiger partial charge in [0.2, 0.25) is 6.54 Å². The Hall–Kier alpha value is -4.16. The molecule has 0 N–H and O–H groups in total. The summed E-state index contributed by atoms with van der Waals surface area (Å²) in [6.45, 7) is 5.80. The number of nitriles is 1. The Morgan fingerprint density at radius 3 is 2.56 bits per heavy atom. The zero-order valence-corrected chi connectivity index (χ0v) is 21.0. The molecule has 36 heavy (non-hydrogen) atoms. The van der Waals surface area contributed by atoms with Crippen LogP contribution in [0.3, 0.4) is 0 Å². The highest BCUT2D eigenvalue weighted by molar-refractivity contribution is 7.99. The quantitative estimate of drug-likeness (QED) is 0.164. The molecule has 0 bridgehead atoms. The van der Waals surface area contributed by atoms with Gasteiger partial charge in [-0.2, -0.15) is 5.26 Å². The maximum absolute atomic E-state index is 11.7. The minimum absolute atomic E-state index is 0.175. The molecule has 0 aliphatic heterocycles. The number of thioether (sulfide) groups is 1. The van der Waals surface area contributed by atoms with E-state index in [2.05, 4.69) is 22.3 Å². The van der Waals surface area contributed by atoms with Crippen molar-refractivity contribution in [2.75, 3.05) is 6.54 Å². The van der Waals surface area contributed by atoms with E-state index in [0.29, 0.717) is 27.9 Å². The molecule has 0 amide bonds. The molecule has 9 heteroatoms. The van der Waals surface area contributed by atoms with Gasteiger partial charge >= 0.3 is 0 Å². The Morgan fingerprint density at radius 2 is 1.81 bits per heavy atom. The summed E-state index contributed by atoms with van der Waals surface area (Å²) < 4.78 is 8.00. The third-order valence-corrected chi connectivity index (χ3v) is 7.06. The lowest BCUT2D eigenvalue weighted by Crippen LogP contribution is -2.12. The van der Waals surface area contributed by atoms with Gasteiger partial charge < -0.3 is 4.74 Å². The van der Waals surface area contributed by atoms with E-state index >= 15 is 0 Å². The molecule has 0 aliphatic carbocycles. The Bertz CT molecular complexity index is 1440. The Morgan fingerprint density at radius 1 is 1.06 bits per heavy atom. The summed E-state index contributed by atoms with van der Waals surface area (Å²) in [7, 11) is 0. The van der Waals surface area contributed by atoms with Gasteiger partial charge in [-0.3, -0.25) is 14.7 Å². The molecule has 1 aromatic heterocycles. The molecule has 182 valence electrons. The van der Waals surface area contributed by atoms with Crippen LogP contribution in [0.2, 0.25) is 0 Å². The number of aryl methyl sites for hydroxylation is 3. The molecular weight excluding hydrogens is 474 g/mol. The smallest absolute Gasteiger partial charge is 0.220 e. The number of hydrogen-bond donors (Lipinski definition) is 0. The highest BCUT2D eigenvalue weighted by Gasteiger charge is 2.26. The summed E-state index contributed by atoms with van der Waals surface area (Å²) in [5, 5.41) is 29.6. The van der Waals surface area contributed by atoms with Crippen LogP contribution in [0.15, 0.2) is 71.9 Å². The van der Waals surface area contributed by atoms with Crippen molar-refractivity contribution >= 4 is 11.8 Å². The van der Waals surface area contributed by atoms with Crippen LogP contribution in [0.5, 0.6) is 5.75 Å². The Kier molecular flexibility index (Phi) is 7.66. The van der Waals surface area contributed by atoms with E-state index in [1.165, 1.54) is 17.3 Å². The number of para-hydroxylation sites is 1. The van der Waals surface area contributed by atoms with Crippen LogP contribution in [0.1, 0.15) is 38.9 Å². The third kappa shape index (κ3) is 5.56. The fourth-order valence-corrected chi connectivity index (χ4v) is 5.03. The first-order valence-electron chi connectivity index (χ1n) is 11.3. The molecule has 0 unspecified atom stereocenters. The zero-order valence-electron chi connectivity index (χ0n) is 20.2. The van der Waals surface area contributed by atoms with Crippen LogP contribution in [-0.4, -0.2) is 26.2 Å². The van der Waals surface area contributed by atoms with Gasteiger partial charge in [-0.25, -0.2) is 0 Å². The van der Waals surface area contributed by atoms with Crippen molar-refractivity contribution < 1.29 is 9.66 Å². The van der Waals surface area contributed by atoms with Gasteiger partial charge in [0.15, 0.2) is 5.16 Å². The molecule has 4 aromatic rings. The summed E-state index contributed by atoms with van der Waals surface area (Å²) in [4.78, 5) is 11.3. The Balaban J connectivity index is 1.67. The molecule has 0 radical (unpaired) electrons. The van der Waals surface area contributed by atoms with Crippen LogP contribution < -0.4 is 4.74 Å². The number of rotatable bonds is 9. The topological polar surface area (TPSA) is 107 Å². The first-order valence-corrected chi connectivity index (χ1v) is 12.2. The van der Waals surface area contributed by atoms with Crippen molar-refractivity contribution in [3.8, 4) is 17.5 Å². The van der Waals surface area contributed by atoms with Gasteiger partial charge in [-0.05, 0) is 56.2 Å². The van der Waals surface area contributed by atoms with Crippen LogP contribution >= 0.6 is 11.8 Å². The third-order valence-electron chi connectivity index (χ3n) is 5.89. The molecule has 8 nitrogen and oxygen atoms in total. The lowest BCUT2D eigenvalue weighted by molar-refractivity contribution is -0.479. The highest BCUT2D eigenvalue weighted by Crippen LogP contribution is 2.40. The zero-order chi connectivity index (χ0) is 25.7. The second kappa shape index (κ2) is 11.1. The number of nitrogens with zero attached hydrogens (tertiary/aromatic N) is 5. The summed E-state index contributed by atoms with van der Waals surface area (Å²) in [5.74, 6) is 1.22. The van der Waals surface area contributed by atoms with Gasteiger partial charge in [-0.15, -0.1) is 10.2 Å². The normalized spacial score (nSPS) is 11.6. The average Bonchev–Trinajstić information content (AvgIpc) is 3.23. The molecule has 3 aromatic carbocycles. The summed E-state index contributed by atoms with van der Waals surface area (Å²) in [6.07, 6.45) is 0. The largest absolute Gasteiger partial charge is 0.489 e. The van der Waals surface area contributed by atoms with Crippen molar-refractivity contribution in [2.45, 2.75) is 37.8 Å². The van der Waals surface area contributed by atoms with E-state index in [-0.39, 0.29) is 18.1 Å². The van der Waals surface area contributed by atoms with Gasteiger partial charge in [-0.1, -0.05) is 54.2 Å². The maximum atomic E-state index is 11.7. The summed E-state index contributed by atoms with van der Waals surface area (Å²) in [5.41, 5.74) is 5.17. The first-order chi connectivity index (χ1) is 17.4. The first kappa shape index (κ1) is 24.9. The molecule has 0 aliphatic rings. The fourth-order valence-electron chi connectivity index (χ4n) is 3.83. The summed E-state index contributed by atoms with van der Waals surface area (Å²) >= 11 is 1.28. The minimum Gasteiger partial charge on any atom is -0.489 e. The van der Waals surface area contributed by atoms with Crippen molar-refractivity contribution in [1.29, 1.82) is 5.26 Å². The molecule has 4 rings (SSSR count). The van der Waals surface area contributed by atoms with Crippen molar-refractivity contribution in [3.05, 3.63) is 110 Å². The molecular formula is C27H25N5O3S. The van der Waals surface area contributed by atoms with Gasteiger partial charge in [0.1, 0.15) is 23.4 Å². The Labute approximate surface area is 213 Å². The van der Waals surface area contributed by atoms with Gasteiger partial charge in [0.25, 0.3) is 0 Å². The van der Waals surface area contributed by atoms with Crippen LogP contribution in [0, 0.1) is 42.2 Å². The number of aromatic nitrogens is 3. The molecule has 1 atom stereocenters. The van der Waals surface area contributed by atoms with E-state index in [1.54, 1.807) is 18.2 Å². The van der Waals surface area contributed by atoms with Gasteiger partial charge in [0, 0.05) is 21.7 Å². The van der Waals surface area contributed by atoms with Crippen LogP contribution in [0.25, 0.3) is 5.69 Å². The molecule has 0 saturated carbocycles.